The van der Waals surface area contributed by atoms with Crippen LogP contribution >= 0.6 is 0 Å². The average Bonchev–Trinajstić information content (AvgIpc) is 3.49. The molecule has 7 nitrogen and oxygen atoms in total. The molecule has 2 aliphatic carbocycles. The zero-order chi connectivity index (χ0) is 25.3. The molecule has 7 heteroatoms. The molecule has 2 aromatic carbocycles. The largest absolute Gasteiger partial charge is 0.497 e. The van der Waals surface area contributed by atoms with Crippen LogP contribution in [0.1, 0.15) is 44.7 Å². The number of ether oxygens (including phenoxy) is 2. The monoisotopic (exact) mass is 489 g/mol. The molecule has 7 atom stereocenters. The van der Waals surface area contributed by atoms with Crippen LogP contribution in [-0.4, -0.2) is 41.3 Å². The van der Waals surface area contributed by atoms with E-state index in [1.807, 2.05) is 66.6 Å². The lowest BCUT2D eigenvalue weighted by Crippen LogP contribution is -2.57. The lowest BCUT2D eigenvalue weighted by molar-refractivity contribution is -0.169. The lowest BCUT2D eigenvalue weighted by atomic mass is 9.63. The van der Waals surface area contributed by atoms with Crippen molar-refractivity contribution in [3.05, 3.63) is 72.3 Å². The molecule has 36 heavy (non-hydrogen) atoms. The van der Waals surface area contributed by atoms with E-state index < -0.39 is 28.7 Å². The van der Waals surface area contributed by atoms with Crippen LogP contribution in [0.4, 0.5) is 5.69 Å². The Hall–Kier alpha value is -3.16. The second-order valence-electron chi connectivity index (χ2n) is 10.8. The van der Waals surface area contributed by atoms with Crippen LogP contribution in [0.2, 0.25) is 0 Å². The van der Waals surface area contributed by atoms with Gasteiger partial charge in [-0.05, 0) is 67.7 Å². The van der Waals surface area contributed by atoms with Crippen molar-refractivity contribution < 1.29 is 29.0 Å². The van der Waals surface area contributed by atoms with Crippen LogP contribution in [-0.2, 0) is 19.2 Å². The predicted octanol–water partition coefficient (Wildman–Crippen LogP) is 4.16. The van der Waals surface area contributed by atoms with E-state index in [1.54, 1.807) is 20.1 Å². The second-order valence-corrected chi connectivity index (χ2v) is 10.8. The molecule has 2 aliphatic heterocycles. The number of hydrogen-bond donors (Lipinski definition) is 1. The molecule has 4 aliphatic rings. The van der Waals surface area contributed by atoms with Gasteiger partial charge in [-0.1, -0.05) is 37.3 Å². The third-order valence-corrected chi connectivity index (χ3v) is 9.16. The van der Waals surface area contributed by atoms with Gasteiger partial charge in [0, 0.05) is 12.3 Å². The molecule has 1 spiro atoms. The molecule has 2 heterocycles. The maximum Gasteiger partial charge on any atom is 0.342 e. The number of methoxy groups -OCH3 is 1. The molecule has 3 fully saturated rings. The summed E-state index contributed by atoms with van der Waals surface area (Å²) in [7, 11) is 1.63. The third kappa shape index (κ3) is 2.93. The summed E-state index contributed by atoms with van der Waals surface area (Å²) in [4.78, 5) is 33.6. The number of para-hydroxylation sites is 1. The fraction of sp³-hybridized carbons (Fsp3) is 0.448. The number of aliphatic hydroxyl groups is 1. The van der Waals surface area contributed by atoms with Crippen molar-refractivity contribution in [1.82, 2.24) is 0 Å². The number of esters is 1. The summed E-state index contributed by atoms with van der Waals surface area (Å²) >= 11 is 0. The molecule has 2 aromatic rings. The molecule has 0 amide bonds. The van der Waals surface area contributed by atoms with E-state index in [0.29, 0.717) is 19.3 Å². The molecule has 0 bridgehead atoms. The summed E-state index contributed by atoms with van der Waals surface area (Å²) in [5.74, 6) is -0.480. The normalized spacial score (nSPS) is 39.2. The third-order valence-electron chi connectivity index (χ3n) is 9.16. The van der Waals surface area contributed by atoms with Gasteiger partial charge in [-0.2, -0.15) is 0 Å². The Labute approximate surface area is 210 Å². The van der Waals surface area contributed by atoms with Crippen molar-refractivity contribution in [3.63, 3.8) is 0 Å². The van der Waals surface area contributed by atoms with Gasteiger partial charge in [0.05, 0.1) is 24.3 Å². The fourth-order valence-corrected chi connectivity index (χ4v) is 6.91. The molecule has 6 rings (SSSR count). The van der Waals surface area contributed by atoms with E-state index in [-0.39, 0.29) is 23.7 Å². The Morgan fingerprint density at radius 3 is 2.47 bits per heavy atom. The molecule has 0 radical (unpaired) electrons. The second kappa shape index (κ2) is 7.92. The topological polar surface area (TPSA) is 85.3 Å². The van der Waals surface area contributed by atoms with Crippen molar-refractivity contribution >= 4 is 17.4 Å². The number of carbonyl (C=O) groups is 2. The first-order valence-electron chi connectivity index (χ1n) is 12.6. The zero-order valence-electron chi connectivity index (χ0n) is 20.7. The Kier molecular flexibility index (Phi) is 5.11. The minimum Gasteiger partial charge on any atom is -0.497 e. The fourth-order valence-electron chi connectivity index (χ4n) is 6.91. The number of fused-ring (bicyclic) bond motifs is 4. The molecule has 188 valence electrons. The quantitative estimate of drug-likeness (QED) is 0.648. The van der Waals surface area contributed by atoms with Gasteiger partial charge in [-0.25, -0.2) is 9.86 Å². The minimum absolute atomic E-state index is 0.171. The maximum atomic E-state index is 13.7. The number of rotatable bonds is 3. The molecule has 0 aromatic heterocycles. The Balaban J connectivity index is 1.45. The van der Waals surface area contributed by atoms with E-state index in [9.17, 15) is 14.7 Å². The van der Waals surface area contributed by atoms with Gasteiger partial charge in [0.1, 0.15) is 17.5 Å². The van der Waals surface area contributed by atoms with Crippen molar-refractivity contribution in [3.8, 4) is 5.75 Å². The minimum atomic E-state index is -1.37. The summed E-state index contributed by atoms with van der Waals surface area (Å²) in [6.45, 7) is 3.70. The van der Waals surface area contributed by atoms with E-state index >= 15 is 0 Å². The van der Waals surface area contributed by atoms with Crippen LogP contribution in [0, 0.1) is 17.3 Å². The van der Waals surface area contributed by atoms with Gasteiger partial charge < -0.3 is 14.6 Å². The highest BCUT2D eigenvalue weighted by molar-refractivity contribution is 6.00. The predicted molar refractivity (Wildman–Crippen MR) is 132 cm³/mol. The standard InChI is InChI=1S/C29H31NO6/c1-18-9-14-22-25(27(2)24(31)15-16-29(18,27)33)35-26(32)28(22)17-23(19-10-12-21(34-3)13-11-19)30(36-28)20-7-5-4-6-8-20/h4-8,10-13,15-16,18,22-23,25,33H,9,14,17H2,1-3H3/t18-,22+,23?,25+,27-,28-,29+/m0/s1. The summed E-state index contributed by atoms with van der Waals surface area (Å²) in [5, 5.41) is 13.5. The van der Waals surface area contributed by atoms with Crippen LogP contribution in [0.5, 0.6) is 5.75 Å². The molecular formula is C29H31NO6. The molecule has 1 saturated carbocycles. The number of ketones is 1. The van der Waals surface area contributed by atoms with Gasteiger partial charge in [-0.15, -0.1) is 0 Å². The van der Waals surface area contributed by atoms with Crippen LogP contribution < -0.4 is 9.80 Å². The number of anilines is 1. The van der Waals surface area contributed by atoms with Gasteiger partial charge in [-0.3, -0.25) is 9.63 Å². The lowest BCUT2D eigenvalue weighted by Gasteiger charge is -2.43. The summed E-state index contributed by atoms with van der Waals surface area (Å²) in [6, 6.07) is 17.2. The van der Waals surface area contributed by atoms with Crippen molar-refractivity contribution in [2.45, 2.75) is 56.5 Å². The van der Waals surface area contributed by atoms with E-state index in [1.165, 1.54) is 6.08 Å². The summed E-state index contributed by atoms with van der Waals surface area (Å²) < 4.78 is 11.4. The van der Waals surface area contributed by atoms with Crippen molar-refractivity contribution in [2.75, 3.05) is 12.2 Å². The van der Waals surface area contributed by atoms with E-state index in [2.05, 4.69) is 0 Å². The van der Waals surface area contributed by atoms with Crippen LogP contribution in [0.25, 0.3) is 0 Å². The highest BCUT2D eigenvalue weighted by atomic mass is 16.7. The smallest absolute Gasteiger partial charge is 0.342 e. The van der Waals surface area contributed by atoms with Crippen molar-refractivity contribution in [1.29, 1.82) is 0 Å². The van der Waals surface area contributed by atoms with Gasteiger partial charge in [0.2, 0.25) is 5.60 Å². The first kappa shape index (κ1) is 23.3. The summed E-state index contributed by atoms with van der Waals surface area (Å²) in [5.41, 5.74) is -2.08. The number of hydroxylamine groups is 1. The van der Waals surface area contributed by atoms with E-state index in [0.717, 1.165) is 17.0 Å². The first-order valence-corrected chi connectivity index (χ1v) is 12.6. The summed E-state index contributed by atoms with van der Waals surface area (Å²) in [6.07, 6.45) is 3.89. The first-order chi connectivity index (χ1) is 17.2. The number of hydrogen-bond acceptors (Lipinski definition) is 7. The number of nitrogens with zero attached hydrogens (tertiary/aromatic N) is 1. The molecule has 1 N–H and O–H groups in total. The highest BCUT2D eigenvalue weighted by Crippen LogP contribution is 2.61. The zero-order valence-corrected chi connectivity index (χ0v) is 20.7. The highest BCUT2D eigenvalue weighted by Gasteiger charge is 2.74. The molecule has 2 saturated heterocycles. The Morgan fingerprint density at radius 1 is 1.06 bits per heavy atom. The maximum absolute atomic E-state index is 13.7. The Bertz CT molecular complexity index is 1230. The van der Waals surface area contributed by atoms with Crippen LogP contribution in [0.15, 0.2) is 66.7 Å². The number of carbonyl (C=O) groups excluding carboxylic acids is 2. The number of allylic oxidation sites excluding steroid dienone is 1. The molecular weight excluding hydrogens is 458 g/mol. The number of benzene rings is 2. The molecule has 1 unspecified atom stereocenters. The van der Waals surface area contributed by atoms with E-state index in [4.69, 9.17) is 14.3 Å². The average molecular weight is 490 g/mol. The van der Waals surface area contributed by atoms with Crippen molar-refractivity contribution in [2.24, 2.45) is 17.3 Å². The SMILES string of the molecule is COc1ccc(C2C[C@@]3(ON2c2ccccc2)C(=O)O[C@@H]2[C@H]3CC[C@H](C)[C@]3(O)C=CC(=O)[C@@]23C)cc1. The van der Waals surface area contributed by atoms with Gasteiger partial charge in [0.15, 0.2) is 5.78 Å². The van der Waals surface area contributed by atoms with Crippen LogP contribution in [0.3, 0.4) is 0 Å². The van der Waals surface area contributed by atoms with Gasteiger partial charge >= 0.3 is 5.97 Å². The Morgan fingerprint density at radius 2 is 1.78 bits per heavy atom. The van der Waals surface area contributed by atoms with Gasteiger partial charge in [0.25, 0.3) is 0 Å².